The molecule has 0 saturated carbocycles. The van der Waals surface area contributed by atoms with E-state index in [9.17, 15) is 0 Å². The molecule has 18 nitrogen and oxygen atoms in total. The summed E-state index contributed by atoms with van der Waals surface area (Å²) in [5.41, 5.74) is 18.2. The largest absolute Gasteiger partial charge is 0.500 e. The molecule has 0 amide bonds. The average molecular weight is 1230 g/mol. The van der Waals surface area contributed by atoms with Crippen LogP contribution in [0.1, 0.15) is 67.3 Å². The van der Waals surface area contributed by atoms with Crippen molar-refractivity contribution < 1.29 is 18.4 Å². The van der Waals surface area contributed by atoms with Gasteiger partial charge in [0.05, 0.1) is 39.7 Å². The minimum Gasteiger partial charge on any atom is -0.399 e. The Morgan fingerprint density at radius 3 is 1.47 bits per heavy atom. The summed E-state index contributed by atoms with van der Waals surface area (Å²) in [6.45, 7) is 17.3. The maximum absolute atomic E-state index is 5.95. The van der Waals surface area contributed by atoms with Crippen molar-refractivity contribution in [3.63, 3.8) is 0 Å². The first-order chi connectivity index (χ1) is 37.0. The Bertz CT molecular complexity index is 3610. The maximum Gasteiger partial charge on any atom is 0.500 e. The van der Waals surface area contributed by atoms with E-state index >= 15 is 0 Å². The van der Waals surface area contributed by atoms with Crippen LogP contribution < -0.4 is 21.8 Å². The van der Waals surface area contributed by atoms with Crippen LogP contribution in [0, 0.1) is 27.7 Å². The van der Waals surface area contributed by atoms with Crippen molar-refractivity contribution >= 4 is 94.4 Å². The first-order valence-electron chi connectivity index (χ1n) is 24.4. The predicted octanol–water partition coefficient (Wildman–Crippen LogP) is 12.0. The number of rotatable bonds is 9. The molecule has 0 radical (unpaired) electrons. The molecule has 1 aliphatic rings. The molecule has 0 atom stereocenters. The number of pyridine rings is 3. The van der Waals surface area contributed by atoms with Crippen molar-refractivity contribution in [2.45, 2.75) is 85.0 Å². The van der Waals surface area contributed by atoms with Crippen molar-refractivity contribution in [1.82, 2.24) is 54.1 Å². The third kappa shape index (κ3) is 14.0. The highest BCUT2D eigenvalue weighted by Gasteiger charge is 2.53. The predicted molar refractivity (Wildman–Crippen MR) is 312 cm³/mol. The van der Waals surface area contributed by atoms with Crippen LogP contribution in [0.3, 0.4) is 0 Å². The molecule has 8 aromatic heterocycles. The van der Waals surface area contributed by atoms with E-state index in [2.05, 4.69) is 142 Å². The van der Waals surface area contributed by atoms with Crippen LogP contribution in [-0.2, 0) is 27.7 Å². The van der Waals surface area contributed by atoms with E-state index in [0.717, 1.165) is 83.0 Å². The van der Waals surface area contributed by atoms with Crippen LogP contribution in [0.2, 0.25) is 0 Å². The van der Waals surface area contributed by atoms with Crippen molar-refractivity contribution in [3.05, 3.63) is 195 Å². The first-order valence-corrected chi connectivity index (χ1v) is 27.1. The van der Waals surface area contributed by atoms with Crippen molar-refractivity contribution in [1.29, 1.82) is 0 Å². The van der Waals surface area contributed by atoms with Gasteiger partial charge in [-0.2, -0.15) is 0 Å². The van der Waals surface area contributed by atoms with Gasteiger partial charge in [0.25, 0.3) is 0 Å². The number of nitrogens with two attached hydrogens (primary N) is 1. The Balaban J connectivity index is 0.000000133. The molecule has 22 heteroatoms. The fourth-order valence-electron chi connectivity index (χ4n) is 8.00. The molecule has 9 heterocycles. The van der Waals surface area contributed by atoms with Gasteiger partial charge in [-0.25, -0.2) is 0 Å². The number of hydrogen-bond donors (Lipinski definition) is 3. The van der Waals surface area contributed by atoms with Crippen LogP contribution in [-0.4, -0.2) is 72.4 Å². The summed E-state index contributed by atoms with van der Waals surface area (Å²) in [7, 11) is -0.378. The number of fused-ring (bicyclic) bond motifs is 3. The summed E-state index contributed by atoms with van der Waals surface area (Å²) in [6.07, 6.45) is 10.8. The monoisotopic (exact) mass is 1230 g/mol. The normalized spacial score (nSPS) is 13.2. The Morgan fingerprint density at radius 1 is 0.558 bits per heavy atom. The van der Waals surface area contributed by atoms with Gasteiger partial charge in [-0.15, -0.1) is 30.6 Å². The molecule has 4 N–H and O–H groups in total. The lowest BCUT2D eigenvalue weighted by Crippen LogP contribution is -2.41. The topological polar surface area (TPSA) is 211 Å². The lowest BCUT2D eigenvalue weighted by molar-refractivity contribution is 0.00578. The molecular formula is C55H58BBr3N14O4. The minimum absolute atomic E-state index is 0.326. The Kier molecular flexibility index (Phi) is 18.4. The lowest BCUT2D eigenvalue weighted by atomic mass is 9.77. The third-order valence-corrected chi connectivity index (χ3v) is 14.2. The molecular weight excluding hydrogens is 1170 g/mol. The number of benzene rings is 3. The number of anilines is 3. The molecule has 0 aliphatic carbocycles. The van der Waals surface area contributed by atoms with Gasteiger partial charge in [0, 0.05) is 62.5 Å². The SMILES string of the molecule is BrCc1ccccc1.Brc1cc(NCc2ccccc2)c2nncn2c1.Cc1noc(C)c1-c1cc(NCc2ccccc2)c2nncn2c1.Cc1noc(C)c1B1OC(C)(C)C(C)(C)O1.Nc1cc(Br)cn2cnnc12. The number of alkyl halides is 1. The zero-order chi connectivity index (χ0) is 54.7. The van der Waals surface area contributed by atoms with Crippen molar-refractivity contribution in [2.24, 2.45) is 0 Å². The second-order valence-corrected chi connectivity index (χ2v) is 21.2. The summed E-state index contributed by atoms with van der Waals surface area (Å²) < 4.78 is 29.8. The zero-order valence-electron chi connectivity index (χ0n) is 43.8. The number of halogens is 3. The summed E-state index contributed by atoms with van der Waals surface area (Å²) in [4.78, 5) is 0. The molecule has 77 heavy (non-hydrogen) atoms. The number of aromatic nitrogens is 11. The highest BCUT2D eigenvalue weighted by atomic mass is 79.9. The zero-order valence-corrected chi connectivity index (χ0v) is 48.6. The van der Waals surface area contributed by atoms with Crippen LogP contribution >= 0.6 is 47.8 Å². The van der Waals surface area contributed by atoms with Gasteiger partial charge in [-0.05, 0) is 122 Å². The smallest absolute Gasteiger partial charge is 0.399 e. The third-order valence-electron chi connectivity index (χ3n) is 12.7. The van der Waals surface area contributed by atoms with E-state index in [-0.39, 0.29) is 18.3 Å². The molecule has 12 rings (SSSR count). The van der Waals surface area contributed by atoms with E-state index in [1.807, 2.05) is 143 Å². The highest BCUT2D eigenvalue weighted by molar-refractivity contribution is 9.10. The van der Waals surface area contributed by atoms with Gasteiger partial charge < -0.3 is 34.7 Å². The number of hydrogen-bond acceptors (Lipinski definition) is 15. The van der Waals surface area contributed by atoms with Gasteiger partial charge >= 0.3 is 7.12 Å². The molecule has 396 valence electrons. The van der Waals surface area contributed by atoms with E-state index in [0.29, 0.717) is 17.9 Å². The van der Waals surface area contributed by atoms with E-state index in [4.69, 9.17) is 24.1 Å². The number of nitrogens with zero attached hydrogens (tertiary/aromatic N) is 11. The standard InChI is InChI=1S/C18H17N5O.C13H11BrN4.C11H18BNO3.C7H7Br.C6H5BrN4/c1-12-17(13(2)24-22-12)15-8-16(18-21-20-11-23(18)10-15)19-9-14-6-4-3-5-7-14;14-11-6-12(13-17-16-9-18(13)8-11)15-7-10-4-2-1-3-5-10;1-7-9(8(2)14-13-7)12-15-10(3,4)11(5,6)16-12;8-6-7-4-2-1-3-5-7;7-4-1-5(8)6-10-9-3-11(6)2-4/h3-8,10-11,19H,9H2,1-2H3;1-6,8-9,15H,7H2;1-6H3;1-5H,6H2;1-3H,8H2. The van der Waals surface area contributed by atoms with Crippen LogP contribution in [0.5, 0.6) is 0 Å². The average Bonchev–Trinajstić information content (AvgIpc) is 4.31. The van der Waals surface area contributed by atoms with E-state index in [1.54, 1.807) is 29.4 Å². The van der Waals surface area contributed by atoms with Gasteiger partial charge in [0.2, 0.25) is 0 Å². The van der Waals surface area contributed by atoms with Crippen LogP contribution in [0.25, 0.3) is 28.1 Å². The Hall–Kier alpha value is -7.24. The molecule has 0 spiro atoms. The van der Waals surface area contributed by atoms with Gasteiger partial charge in [-0.1, -0.05) is 117 Å². The molecule has 0 bridgehead atoms. The number of nitrogens with one attached hydrogen (secondary N) is 2. The summed E-state index contributed by atoms with van der Waals surface area (Å²) >= 11 is 10.1. The van der Waals surface area contributed by atoms with Crippen LogP contribution in [0.4, 0.5) is 17.1 Å². The van der Waals surface area contributed by atoms with Gasteiger partial charge in [0.15, 0.2) is 16.9 Å². The lowest BCUT2D eigenvalue weighted by Gasteiger charge is -2.32. The highest BCUT2D eigenvalue weighted by Crippen LogP contribution is 2.37. The number of aryl methyl sites for hydroxylation is 4. The first kappa shape index (κ1) is 56.0. The van der Waals surface area contributed by atoms with Gasteiger partial charge in [-0.3, -0.25) is 13.2 Å². The fourth-order valence-corrected chi connectivity index (χ4v) is 9.29. The fraction of sp³-hybridized carbons (Fsp3) is 0.236. The molecule has 0 unspecified atom stereocenters. The molecule has 11 aromatic rings. The Morgan fingerprint density at radius 2 is 1.00 bits per heavy atom. The van der Waals surface area contributed by atoms with Crippen LogP contribution in [0.15, 0.2) is 165 Å². The molecule has 1 aliphatic heterocycles. The van der Waals surface area contributed by atoms with E-state index in [1.165, 1.54) is 16.7 Å². The summed E-state index contributed by atoms with van der Waals surface area (Å²) in [5, 5.41) is 39.5. The van der Waals surface area contributed by atoms with E-state index < -0.39 is 0 Å². The minimum atomic E-state index is -0.378. The second-order valence-electron chi connectivity index (χ2n) is 18.8. The maximum atomic E-state index is 5.95. The molecule has 3 aromatic carbocycles. The number of nitrogen functional groups attached to an aromatic ring is 1. The van der Waals surface area contributed by atoms with Crippen molar-refractivity contribution in [3.8, 4) is 11.1 Å². The second kappa shape index (κ2) is 25.3. The van der Waals surface area contributed by atoms with Crippen molar-refractivity contribution in [2.75, 3.05) is 16.4 Å². The van der Waals surface area contributed by atoms with Gasteiger partial charge in [0.1, 0.15) is 30.5 Å². The summed E-state index contributed by atoms with van der Waals surface area (Å²) in [6, 6.07) is 36.7. The molecule has 1 fully saturated rings. The summed E-state index contributed by atoms with van der Waals surface area (Å²) in [5.74, 6) is 1.56. The molecule has 1 saturated heterocycles. The quantitative estimate of drug-likeness (QED) is 0.0906. The Labute approximate surface area is 471 Å².